The van der Waals surface area contributed by atoms with Crippen LogP contribution in [0.3, 0.4) is 0 Å². The maximum atomic E-state index is 12.3. The minimum Gasteiger partial charge on any atom is -0.389 e. The molecule has 100 valence electrons. The van der Waals surface area contributed by atoms with Crippen LogP contribution in [0.2, 0.25) is 0 Å². The average Bonchev–Trinajstić information content (AvgIpc) is 2.35. The predicted octanol–water partition coefficient (Wildman–Crippen LogP) is 2.08. The number of aromatic nitrogens is 1. The van der Waals surface area contributed by atoms with Gasteiger partial charge < -0.3 is 10.0 Å². The summed E-state index contributed by atoms with van der Waals surface area (Å²) >= 11 is 0. The van der Waals surface area contributed by atoms with Crippen molar-refractivity contribution in [3.8, 4) is 0 Å². The van der Waals surface area contributed by atoms with E-state index in [0.29, 0.717) is 5.56 Å². The van der Waals surface area contributed by atoms with E-state index in [9.17, 15) is 9.90 Å². The molecule has 0 radical (unpaired) electrons. The lowest BCUT2D eigenvalue weighted by Gasteiger charge is -2.25. The molecule has 0 aliphatic heterocycles. The summed E-state index contributed by atoms with van der Waals surface area (Å²) in [6.07, 6.45) is 1.73. The Labute approximate surface area is 112 Å². The Morgan fingerprint density at radius 3 is 2.79 bits per heavy atom. The normalized spacial score (nSPS) is 11.6. The van der Waals surface area contributed by atoms with Gasteiger partial charge in [0.2, 0.25) is 0 Å². The summed E-state index contributed by atoms with van der Waals surface area (Å²) in [7, 11) is 1.69. The van der Waals surface area contributed by atoms with Crippen molar-refractivity contribution in [1.82, 2.24) is 9.88 Å². The number of nitrogens with zero attached hydrogens (tertiary/aromatic N) is 2. The molecule has 1 aromatic carbocycles. The zero-order valence-corrected chi connectivity index (χ0v) is 11.4. The van der Waals surface area contributed by atoms with Crippen molar-refractivity contribution in [1.29, 1.82) is 0 Å². The average molecular weight is 258 g/mol. The number of rotatable bonds is 3. The largest absolute Gasteiger partial charge is 0.389 e. The van der Waals surface area contributed by atoms with E-state index in [0.717, 1.165) is 10.9 Å². The summed E-state index contributed by atoms with van der Waals surface area (Å²) < 4.78 is 0. The number of hydrogen-bond donors (Lipinski definition) is 1. The Hall–Kier alpha value is -1.94. The van der Waals surface area contributed by atoms with Crippen molar-refractivity contribution in [3.63, 3.8) is 0 Å². The van der Waals surface area contributed by atoms with Crippen LogP contribution in [0.5, 0.6) is 0 Å². The van der Waals surface area contributed by atoms with E-state index in [4.69, 9.17) is 0 Å². The van der Waals surface area contributed by atoms with E-state index < -0.39 is 5.60 Å². The Morgan fingerprint density at radius 1 is 1.37 bits per heavy atom. The third-order valence-corrected chi connectivity index (χ3v) is 2.82. The summed E-state index contributed by atoms with van der Waals surface area (Å²) in [5, 5.41) is 10.7. The highest BCUT2D eigenvalue weighted by molar-refractivity contribution is 5.97. The van der Waals surface area contributed by atoms with Crippen molar-refractivity contribution in [2.45, 2.75) is 19.4 Å². The van der Waals surface area contributed by atoms with Gasteiger partial charge in [-0.2, -0.15) is 0 Å². The van der Waals surface area contributed by atoms with Crippen molar-refractivity contribution in [3.05, 3.63) is 42.1 Å². The van der Waals surface area contributed by atoms with Gasteiger partial charge in [-0.25, -0.2) is 0 Å². The van der Waals surface area contributed by atoms with Gasteiger partial charge in [0.05, 0.1) is 11.1 Å². The van der Waals surface area contributed by atoms with Crippen LogP contribution < -0.4 is 0 Å². The summed E-state index contributed by atoms with van der Waals surface area (Å²) in [5.74, 6) is -0.104. The zero-order chi connectivity index (χ0) is 14.0. The van der Waals surface area contributed by atoms with Gasteiger partial charge in [-0.15, -0.1) is 0 Å². The Bertz CT molecular complexity index is 602. The molecule has 1 N–H and O–H groups in total. The molecule has 0 spiro atoms. The van der Waals surface area contributed by atoms with Gasteiger partial charge in [-0.05, 0) is 38.1 Å². The van der Waals surface area contributed by atoms with Gasteiger partial charge in [0, 0.05) is 30.7 Å². The zero-order valence-electron chi connectivity index (χ0n) is 11.4. The highest BCUT2D eigenvalue weighted by atomic mass is 16.3. The molecule has 0 saturated heterocycles. The molecule has 1 aromatic heterocycles. The number of amides is 1. The van der Waals surface area contributed by atoms with Crippen molar-refractivity contribution < 1.29 is 9.90 Å². The maximum absolute atomic E-state index is 12.3. The third-order valence-electron chi connectivity index (χ3n) is 2.82. The number of hydrogen-bond acceptors (Lipinski definition) is 3. The van der Waals surface area contributed by atoms with Crippen LogP contribution in [0.1, 0.15) is 24.2 Å². The fraction of sp³-hybridized carbons (Fsp3) is 0.333. The quantitative estimate of drug-likeness (QED) is 0.917. The highest BCUT2D eigenvalue weighted by Crippen LogP contribution is 2.15. The van der Waals surface area contributed by atoms with E-state index in [-0.39, 0.29) is 12.5 Å². The van der Waals surface area contributed by atoms with Gasteiger partial charge in [-0.1, -0.05) is 6.07 Å². The molecule has 4 heteroatoms. The van der Waals surface area contributed by atoms with E-state index in [1.807, 2.05) is 24.3 Å². The summed E-state index contributed by atoms with van der Waals surface area (Å²) in [6.45, 7) is 3.65. The molecule has 0 aliphatic carbocycles. The molecule has 19 heavy (non-hydrogen) atoms. The summed E-state index contributed by atoms with van der Waals surface area (Å²) in [5.41, 5.74) is 0.569. The minimum absolute atomic E-state index is 0.104. The Morgan fingerprint density at radius 2 is 2.11 bits per heavy atom. The van der Waals surface area contributed by atoms with Gasteiger partial charge in [0.25, 0.3) is 5.91 Å². The molecule has 0 unspecified atom stereocenters. The molecule has 0 bridgehead atoms. The first-order valence-corrected chi connectivity index (χ1v) is 6.19. The number of aliphatic hydroxyl groups is 1. The van der Waals surface area contributed by atoms with E-state index in [1.165, 1.54) is 4.90 Å². The fourth-order valence-corrected chi connectivity index (χ4v) is 2.08. The number of carbonyl (C=O) groups excluding carboxylic acids is 1. The molecule has 1 heterocycles. The number of benzene rings is 1. The summed E-state index contributed by atoms with van der Waals surface area (Å²) in [6, 6.07) is 9.19. The molecule has 0 fully saturated rings. The maximum Gasteiger partial charge on any atom is 0.253 e. The molecular weight excluding hydrogens is 240 g/mol. The second-order valence-corrected chi connectivity index (χ2v) is 5.38. The first-order chi connectivity index (χ1) is 8.87. The first kappa shape index (κ1) is 13.5. The van der Waals surface area contributed by atoms with E-state index in [1.54, 1.807) is 33.2 Å². The van der Waals surface area contributed by atoms with Crippen LogP contribution in [-0.4, -0.2) is 40.1 Å². The van der Waals surface area contributed by atoms with Crippen LogP contribution >= 0.6 is 0 Å². The van der Waals surface area contributed by atoms with Crippen molar-refractivity contribution in [2.24, 2.45) is 0 Å². The second-order valence-electron chi connectivity index (χ2n) is 5.38. The third kappa shape index (κ3) is 3.29. The fourth-order valence-electron chi connectivity index (χ4n) is 2.08. The number of fused-ring (bicyclic) bond motifs is 1. The Balaban J connectivity index is 2.26. The minimum atomic E-state index is -0.900. The van der Waals surface area contributed by atoms with Crippen LogP contribution in [0.4, 0.5) is 0 Å². The van der Waals surface area contributed by atoms with Crippen molar-refractivity contribution in [2.75, 3.05) is 13.6 Å². The lowest BCUT2D eigenvalue weighted by Crippen LogP contribution is -2.39. The highest BCUT2D eigenvalue weighted by Gasteiger charge is 2.20. The SMILES string of the molecule is CN(CC(C)(C)O)C(=O)c1ccc2ncccc2c1. The monoisotopic (exact) mass is 258 g/mol. The van der Waals surface area contributed by atoms with Gasteiger partial charge in [0.15, 0.2) is 0 Å². The predicted molar refractivity (Wildman–Crippen MR) is 75.0 cm³/mol. The molecule has 4 nitrogen and oxygen atoms in total. The standard InChI is InChI=1S/C15H18N2O2/c1-15(2,19)10-17(3)14(18)12-6-7-13-11(9-12)5-4-8-16-13/h4-9,19H,10H2,1-3H3. The molecular formula is C15H18N2O2. The molecule has 1 amide bonds. The number of carbonyl (C=O) groups is 1. The first-order valence-electron chi connectivity index (χ1n) is 6.19. The van der Waals surface area contributed by atoms with Gasteiger partial charge >= 0.3 is 0 Å². The Kier molecular flexibility index (Phi) is 3.53. The van der Waals surface area contributed by atoms with E-state index >= 15 is 0 Å². The lowest BCUT2D eigenvalue weighted by molar-refractivity contribution is 0.0368. The van der Waals surface area contributed by atoms with Gasteiger partial charge in [-0.3, -0.25) is 9.78 Å². The molecule has 0 saturated carbocycles. The second kappa shape index (κ2) is 4.97. The van der Waals surface area contributed by atoms with Crippen LogP contribution in [0.15, 0.2) is 36.5 Å². The van der Waals surface area contributed by atoms with Crippen molar-refractivity contribution >= 4 is 16.8 Å². The van der Waals surface area contributed by atoms with E-state index in [2.05, 4.69) is 4.98 Å². The molecule has 2 rings (SSSR count). The molecule has 0 aliphatic rings. The lowest BCUT2D eigenvalue weighted by atomic mass is 10.1. The summed E-state index contributed by atoms with van der Waals surface area (Å²) in [4.78, 5) is 18.0. The topological polar surface area (TPSA) is 53.4 Å². The molecule has 0 atom stereocenters. The van der Waals surface area contributed by atoms with Crippen LogP contribution in [0, 0.1) is 0 Å². The molecule has 2 aromatic rings. The number of likely N-dealkylation sites (N-methyl/N-ethyl adjacent to an activating group) is 1. The van der Waals surface area contributed by atoms with Gasteiger partial charge in [0.1, 0.15) is 0 Å². The smallest absolute Gasteiger partial charge is 0.253 e. The van der Waals surface area contributed by atoms with Crippen LogP contribution in [0.25, 0.3) is 10.9 Å². The van der Waals surface area contributed by atoms with Crippen LogP contribution in [-0.2, 0) is 0 Å². The number of pyridine rings is 1.